The van der Waals surface area contributed by atoms with Crippen molar-refractivity contribution in [2.45, 2.75) is 123 Å². The van der Waals surface area contributed by atoms with E-state index < -0.39 is 48.7 Å². The van der Waals surface area contributed by atoms with Gasteiger partial charge in [-0.1, -0.05) is 63.6 Å². The van der Waals surface area contributed by atoms with Gasteiger partial charge in [0.05, 0.1) is 30.5 Å². The lowest BCUT2D eigenvalue weighted by molar-refractivity contribution is -0.146. The zero-order valence-electron chi connectivity index (χ0n) is 26.1. The quantitative estimate of drug-likeness (QED) is 0.236. The first kappa shape index (κ1) is 35.4. The van der Waals surface area contributed by atoms with Gasteiger partial charge in [-0.05, 0) is 52.0 Å². The Labute approximate surface area is 246 Å². The van der Waals surface area contributed by atoms with Crippen LogP contribution in [0.3, 0.4) is 0 Å². The van der Waals surface area contributed by atoms with Gasteiger partial charge >= 0.3 is 5.97 Å². The fourth-order valence-corrected chi connectivity index (χ4v) is 5.41. The van der Waals surface area contributed by atoms with Gasteiger partial charge in [-0.2, -0.15) is 0 Å². The zero-order valence-corrected chi connectivity index (χ0v) is 26.1. The van der Waals surface area contributed by atoms with Crippen molar-refractivity contribution in [3.05, 3.63) is 47.6 Å². The SMILES string of the molecule is COC(C)C(C)C(O)C(C)C(O)CC[C@H](C)[C@@H]1CC=CC=CC[C@@H](O)[C@H]2O[C@@H]2[C@H](O)[C@H](C)C=C(C)C=C(C)C(=O)O1. The summed E-state index contributed by atoms with van der Waals surface area (Å²) in [6, 6.07) is 0. The molecule has 8 heteroatoms. The van der Waals surface area contributed by atoms with Crippen molar-refractivity contribution in [1.82, 2.24) is 0 Å². The Kier molecular flexibility index (Phi) is 14.4. The minimum Gasteiger partial charge on any atom is -0.458 e. The number of cyclic esters (lactones) is 1. The predicted octanol–water partition coefficient (Wildman–Crippen LogP) is 4.27. The highest BCUT2D eigenvalue weighted by Crippen LogP contribution is 2.34. The van der Waals surface area contributed by atoms with E-state index in [0.29, 0.717) is 31.3 Å². The van der Waals surface area contributed by atoms with Gasteiger partial charge in [0, 0.05) is 36.9 Å². The van der Waals surface area contributed by atoms with Crippen molar-refractivity contribution in [2.75, 3.05) is 7.11 Å². The molecule has 0 aromatic carbocycles. The molecule has 0 aromatic heterocycles. The summed E-state index contributed by atoms with van der Waals surface area (Å²) in [5, 5.41) is 42.7. The average Bonchev–Trinajstić information content (AvgIpc) is 3.74. The number of carbonyl (C=O) groups is 1. The molecular formula is C33H54O8. The summed E-state index contributed by atoms with van der Waals surface area (Å²) in [5.74, 6) is -1.14. The van der Waals surface area contributed by atoms with E-state index in [-0.39, 0.29) is 29.8 Å². The van der Waals surface area contributed by atoms with Gasteiger partial charge in [0.1, 0.15) is 18.3 Å². The fraction of sp³-hybridized carbons (Fsp3) is 0.727. The summed E-state index contributed by atoms with van der Waals surface area (Å²) in [6.07, 6.45) is 8.91. The third kappa shape index (κ3) is 10.8. The first-order valence-electron chi connectivity index (χ1n) is 15.1. The van der Waals surface area contributed by atoms with Gasteiger partial charge < -0.3 is 34.6 Å². The number of aliphatic hydroxyl groups is 4. The summed E-state index contributed by atoms with van der Waals surface area (Å²) in [7, 11) is 1.61. The molecular weight excluding hydrogens is 524 g/mol. The minimum absolute atomic E-state index is 0.0436. The molecule has 0 aromatic rings. The minimum atomic E-state index is -0.760. The maximum Gasteiger partial charge on any atom is 0.334 e. The van der Waals surface area contributed by atoms with E-state index in [1.165, 1.54) is 0 Å². The van der Waals surface area contributed by atoms with Crippen LogP contribution in [0, 0.1) is 23.7 Å². The summed E-state index contributed by atoms with van der Waals surface area (Å²) in [4.78, 5) is 13.1. The average molecular weight is 579 g/mol. The Morgan fingerprint density at radius 1 is 0.976 bits per heavy atom. The maximum absolute atomic E-state index is 13.1. The van der Waals surface area contributed by atoms with E-state index in [1.54, 1.807) is 20.1 Å². The van der Waals surface area contributed by atoms with Crippen LogP contribution in [0.1, 0.15) is 74.1 Å². The normalized spacial score (nSPS) is 32.6. The third-order valence-corrected chi connectivity index (χ3v) is 8.84. The molecule has 1 fully saturated rings. The Hall–Kier alpha value is -1.81. The number of fused-ring (bicyclic) bond motifs is 1. The van der Waals surface area contributed by atoms with E-state index in [2.05, 4.69) is 0 Å². The highest BCUT2D eigenvalue weighted by atomic mass is 16.6. The summed E-state index contributed by atoms with van der Waals surface area (Å²) < 4.78 is 16.9. The van der Waals surface area contributed by atoms with Crippen LogP contribution in [0.2, 0.25) is 0 Å². The predicted molar refractivity (Wildman–Crippen MR) is 160 cm³/mol. The fourth-order valence-electron chi connectivity index (χ4n) is 5.41. The molecule has 234 valence electrons. The molecule has 4 N–H and O–H groups in total. The number of methoxy groups -OCH3 is 1. The second-order valence-corrected chi connectivity index (χ2v) is 12.3. The van der Waals surface area contributed by atoms with Crippen LogP contribution in [0.4, 0.5) is 0 Å². The van der Waals surface area contributed by atoms with Crippen LogP contribution in [0.15, 0.2) is 47.6 Å². The Morgan fingerprint density at radius 2 is 1.61 bits per heavy atom. The molecule has 1 saturated heterocycles. The molecule has 41 heavy (non-hydrogen) atoms. The number of rotatable bonds is 9. The lowest BCUT2D eigenvalue weighted by Crippen LogP contribution is -2.39. The van der Waals surface area contributed by atoms with Crippen molar-refractivity contribution in [3.8, 4) is 0 Å². The first-order chi connectivity index (χ1) is 19.3. The highest BCUT2D eigenvalue weighted by molar-refractivity contribution is 5.88. The molecule has 8 nitrogen and oxygen atoms in total. The van der Waals surface area contributed by atoms with Gasteiger partial charge in [0.2, 0.25) is 0 Å². The van der Waals surface area contributed by atoms with Crippen LogP contribution in [0.25, 0.3) is 0 Å². The molecule has 0 aliphatic carbocycles. The Morgan fingerprint density at radius 3 is 2.24 bits per heavy atom. The van der Waals surface area contributed by atoms with Crippen LogP contribution in [0.5, 0.6) is 0 Å². The van der Waals surface area contributed by atoms with Gasteiger partial charge in [-0.3, -0.25) is 0 Å². The monoisotopic (exact) mass is 578 g/mol. The number of epoxide rings is 1. The van der Waals surface area contributed by atoms with Crippen LogP contribution >= 0.6 is 0 Å². The first-order valence-corrected chi connectivity index (χ1v) is 15.1. The largest absolute Gasteiger partial charge is 0.458 e. The van der Waals surface area contributed by atoms with Gasteiger partial charge in [0.25, 0.3) is 0 Å². The van der Waals surface area contributed by atoms with Gasteiger partial charge in [-0.15, -0.1) is 0 Å². The number of ether oxygens (including phenoxy) is 3. The molecule has 0 bridgehead atoms. The number of carbonyl (C=O) groups excluding carboxylic acids is 1. The molecule has 5 unspecified atom stereocenters. The van der Waals surface area contributed by atoms with Crippen LogP contribution in [-0.4, -0.2) is 82.3 Å². The summed E-state index contributed by atoms with van der Waals surface area (Å²) in [5.41, 5.74) is 1.28. The zero-order chi connectivity index (χ0) is 30.9. The van der Waals surface area contributed by atoms with Crippen molar-refractivity contribution >= 4 is 5.97 Å². The molecule has 2 heterocycles. The molecule has 0 saturated carbocycles. The van der Waals surface area contributed by atoms with E-state index in [9.17, 15) is 25.2 Å². The molecule has 0 amide bonds. The van der Waals surface area contributed by atoms with Crippen LogP contribution in [-0.2, 0) is 19.0 Å². The Balaban J connectivity index is 2.14. The summed E-state index contributed by atoms with van der Waals surface area (Å²) >= 11 is 0. The van der Waals surface area contributed by atoms with Crippen LogP contribution < -0.4 is 0 Å². The van der Waals surface area contributed by atoms with Gasteiger partial charge in [-0.25, -0.2) is 4.79 Å². The Bertz CT molecular complexity index is 940. The maximum atomic E-state index is 13.1. The molecule has 2 rings (SSSR count). The highest BCUT2D eigenvalue weighted by Gasteiger charge is 2.49. The third-order valence-electron chi connectivity index (χ3n) is 8.84. The van der Waals surface area contributed by atoms with Gasteiger partial charge in [0.15, 0.2) is 0 Å². The number of esters is 1. The van der Waals surface area contributed by atoms with Crippen molar-refractivity contribution < 1.29 is 39.4 Å². The van der Waals surface area contributed by atoms with E-state index in [0.717, 1.165) is 5.57 Å². The molecule has 2 aliphatic rings. The van der Waals surface area contributed by atoms with E-state index in [1.807, 2.05) is 71.9 Å². The van der Waals surface area contributed by atoms with Crippen molar-refractivity contribution in [1.29, 1.82) is 0 Å². The molecule has 2 aliphatic heterocycles. The second kappa shape index (κ2) is 16.7. The number of allylic oxidation sites excluding steroid dienone is 4. The van der Waals surface area contributed by atoms with E-state index >= 15 is 0 Å². The van der Waals surface area contributed by atoms with Crippen molar-refractivity contribution in [2.24, 2.45) is 23.7 Å². The molecule has 0 radical (unpaired) electrons. The number of hydrogen-bond acceptors (Lipinski definition) is 8. The lowest BCUT2D eigenvalue weighted by atomic mass is 9.83. The smallest absolute Gasteiger partial charge is 0.334 e. The standard InChI is InChI=1S/C33H54O8/c1-19-17-21(3)29(36)32-31(41-32)27(35)13-11-9-10-12-14-28(40-33(38)22(4)18-19)20(2)15-16-26(34)24(6)30(37)23(5)25(7)39-8/h9-12,17-18,20-21,23-32,34-37H,13-16H2,1-8H3/t20-,21+,23?,24?,25?,26?,27+,28-,29+,30?,31+,32+/m0/s1. The van der Waals surface area contributed by atoms with Crippen molar-refractivity contribution in [3.63, 3.8) is 0 Å². The number of aliphatic hydroxyl groups excluding tert-OH is 4. The topological polar surface area (TPSA) is 129 Å². The molecule has 12 atom stereocenters. The number of hydrogen-bond donors (Lipinski definition) is 4. The summed E-state index contributed by atoms with van der Waals surface area (Å²) in [6.45, 7) is 13.1. The second-order valence-electron chi connectivity index (χ2n) is 12.3. The molecule has 0 spiro atoms. The lowest BCUT2D eigenvalue weighted by Gasteiger charge is -2.32. The van der Waals surface area contributed by atoms with E-state index in [4.69, 9.17) is 14.2 Å².